The van der Waals surface area contributed by atoms with Crippen LogP contribution in [-0.4, -0.2) is 37.4 Å². The van der Waals surface area contributed by atoms with Crippen LogP contribution in [0.25, 0.3) is 0 Å². The van der Waals surface area contributed by atoms with Crippen molar-refractivity contribution in [3.8, 4) is 11.9 Å². The third-order valence-electron chi connectivity index (χ3n) is 1.56. The average molecular weight is 281 g/mol. The van der Waals surface area contributed by atoms with E-state index in [4.69, 9.17) is 5.26 Å². The average Bonchev–Trinajstić information content (AvgIpc) is 2.23. The molecule has 0 amide bonds. The molecule has 0 aliphatic carbocycles. The van der Waals surface area contributed by atoms with Gasteiger partial charge in [0.2, 0.25) is 20.9 Å². The summed E-state index contributed by atoms with van der Waals surface area (Å²) >= 11 is 0. The molecule has 98 valence electrons. The lowest BCUT2D eigenvalue weighted by molar-refractivity contribution is -0.154. The van der Waals surface area contributed by atoms with Gasteiger partial charge in [0.1, 0.15) is 11.6 Å². The van der Waals surface area contributed by atoms with Crippen LogP contribution in [-0.2, 0) is 9.84 Å². The third-order valence-corrected chi connectivity index (χ3v) is 2.42. The van der Waals surface area contributed by atoms with Gasteiger partial charge in [-0.1, -0.05) is 0 Å². The van der Waals surface area contributed by atoms with Crippen molar-refractivity contribution in [3.05, 3.63) is 11.8 Å². The van der Waals surface area contributed by atoms with Crippen molar-refractivity contribution in [1.82, 2.24) is 9.97 Å². The zero-order valence-electron chi connectivity index (χ0n) is 8.89. The van der Waals surface area contributed by atoms with Gasteiger partial charge in [0.15, 0.2) is 6.61 Å². The number of alkyl halides is 3. The molecular weight excluding hydrogens is 275 g/mol. The second-order valence-electron chi connectivity index (χ2n) is 3.16. The second-order valence-corrected chi connectivity index (χ2v) is 5.07. The van der Waals surface area contributed by atoms with Gasteiger partial charge in [-0.25, -0.2) is 13.4 Å². The van der Waals surface area contributed by atoms with Gasteiger partial charge in [0.25, 0.3) is 0 Å². The molecule has 6 nitrogen and oxygen atoms in total. The second kappa shape index (κ2) is 4.77. The topological polar surface area (TPSA) is 92.9 Å². The summed E-state index contributed by atoms with van der Waals surface area (Å²) in [6.07, 6.45) is -3.06. The predicted molar refractivity (Wildman–Crippen MR) is 51.4 cm³/mol. The summed E-state index contributed by atoms with van der Waals surface area (Å²) in [6, 6.07) is 1.50. The van der Waals surface area contributed by atoms with Crippen molar-refractivity contribution in [2.45, 2.75) is 11.3 Å². The summed E-state index contributed by atoms with van der Waals surface area (Å²) in [5.74, 6) is -0.717. The lowest BCUT2D eigenvalue weighted by Crippen LogP contribution is -2.20. The van der Waals surface area contributed by atoms with Crippen LogP contribution < -0.4 is 4.74 Å². The van der Waals surface area contributed by atoms with E-state index in [0.717, 1.165) is 12.5 Å². The maximum absolute atomic E-state index is 11.9. The van der Waals surface area contributed by atoms with Gasteiger partial charge in [-0.05, 0) is 0 Å². The van der Waals surface area contributed by atoms with Gasteiger partial charge in [-0.3, -0.25) is 0 Å². The van der Waals surface area contributed by atoms with E-state index in [1.807, 2.05) is 0 Å². The molecule has 0 fully saturated rings. The molecule has 1 aromatic heterocycles. The number of rotatable bonds is 3. The van der Waals surface area contributed by atoms with Gasteiger partial charge < -0.3 is 4.74 Å². The van der Waals surface area contributed by atoms with Crippen LogP contribution in [0.1, 0.15) is 5.56 Å². The van der Waals surface area contributed by atoms with Crippen LogP contribution in [0.3, 0.4) is 0 Å². The molecule has 10 heteroatoms. The van der Waals surface area contributed by atoms with Crippen molar-refractivity contribution < 1.29 is 26.3 Å². The summed E-state index contributed by atoms with van der Waals surface area (Å²) < 4.78 is 62.3. The SMILES string of the molecule is CS(=O)(=O)c1ncc(C#N)c(OCC(F)(F)F)n1. The minimum Gasteiger partial charge on any atom is -0.467 e. The first-order valence-corrected chi connectivity index (χ1v) is 6.19. The molecule has 1 rings (SSSR count). The van der Waals surface area contributed by atoms with Gasteiger partial charge in [0.05, 0.1) is 6.20 Å². The molecule has 0 radical (unpaired) electrons. The predicted octanol–water partition coefficient (Wildman–Crippen LogP) is 0.693. The van der Waals surface area contributed by atoms with Crippen LogP contribution in [0.2, 0.25) is 0 Å². The molecule has 1 aromatic rings. The molecule has 0 atom stereocenters. The van der Waals surface area contributed by atoms with E-state index in [1.54, 1.807) is 0 Å². The van der Waals surface area contributed by atoms with Crippen LogP contribution in [0.5, 0.6) is 5.88 Å². The molecule has 18 heavy (non-hydrogen) atoms. The first-order valence-electron chi connectivity index (χ1n) is 4.30. The largest absolute Gasteiger partial charge is 0.467 e. The summed E-state index contributed by atoms with van der Waals surface area (Å²) in [5, 5.41) is 7.89. The number of nitrogens with zero attached hydrogens (tertiary/aromatic N) is 3. The molecule has 0 N–H and O–H groups in total. The fourth-order valence-electron chi connectivity index (χ4n) is 0.867. The normalized spacial score (nSPS) is 11.9. The van der Waals surface area contributed by atoms with E-state index in [9.17, 15) is 21.6 Å². The highest BCUT2D eigenvalue weighted by Gasteiger charge is 2.29. The Bertz CT molecular complexity index is 592. The zero-order valence-corrected chi connectivity index (χ0v) is 9.71. The number of ether oxygens (including phenoxy) is 1. The number of halogens is 3. The Hall–Kier alpha value is -1.89. The van der Waals surface area contributed by atoms with Crippen LogP contribution in [0, 0.1) is 11.3 Å². The molecule has 0 unspecified atom stereocenters. The number of hydrogen-bond donors (Lipinski definition) is 0. The molecular formula is C8H6F3N3O3S. The molecule has 1 heterocycles. The Labute approximate surface area is 100.0 Å². The van der Waals surface area contributed by atoms with Gasteiger partial charge >= 0.3 is 6.18 Å². The van der Waals surface area contributed by atoms with E-state index >= 15 is 0 Å². The Morgan fingerprint density at radius 3 is 2.56 bits per heavy atom. The van der Waals surface area contributed by atoms with E-state index in [0.29, 0.717) is 0 Å². The van der Waals surface area contributed by atoms with Crippen LogP contribution in [0.15, 0.2) is 11.4 Å². The number of hydrogen-bond acceptors (Lipinski definition) is 6. The molecule has 0 aliphatic heterocycles. The molecule has 0 aliphatic rings. The highest BCUT2D eigenvalue weighted by Crippen LogP contribution is 2.20. The summed E-state index contributed by atoms with van der Waals surface area (Å²) in [4.78, 5) is 6.62. The molecule has 0 spiro atoms. The number of aromatic nitrogens is 2. The quantitative estimate of drug-likeness (QED) is 0.757. The van der Waals surface area contributed by atoms with Crippen LogP contribution in [0.4, 0.5) is 13.2 Å². The summed E-state index contributed by atoms with van der Waals surface area (Å²) in [6.45, 7) is -1.68. The minimum absolute atomic E-state index is 0.383. The van der Waals surface area contributed by atoms with E-state index in [-0.39, 0.29) is 5.56 Å². The Balaban J connectivity index is 3.12. The lowest BCUT2D eigenvalue weighted by Gasteiger charge is -2.09. The summed E-state index contributed by atoms with van der Waals surface area (Å²) in [5.41, 5.74) is -0.383. The Morgan fingerprint density at radius 2 is 2.11 bits per heavy atom. The van der Waals surface area contributed by atoms with Crippen molar-refractivity contribution in [3.63, 3.8) is 0 Å². The fourth-order valence-corrected chi connectivity index (χ4v) is 1.36. The van der Waals surface area contributed by atoms with E-state index in [1.165, 1.54) is 6.07 Å². The maximum Gasteiger partial charge on any atom is 0.422 e. The smallest absolute Gasteiger partial charge is 0.422 e. The van der Waals surface area contributed by atoms with Crippen LogP contribution >= 0.6 is 0 Å². The highest BCUT2D eigenvalue weighted by molar-refractivity contribution is 7.90. The van der Waals surface area contributed by atoms with Crippen molar-refractivity contribution >= 4 is 9.84 Å². The summed E-state index contributed by atoms with van der Waals surface area (Å²) in [7, 11) is -3.80. The van der Waals surface area contributed by atoms with E-state index < -0.39 is 33.7 Å². The Kier molecular flexibility index (Phi) is 3.76. The standard InChI is InChI=1S/C8H6F3N3O3S/c1-18(15,16)7-13-3-5(2-12)6(14-7)17-4-8(9,10)11/h3H,4H2,1H3. The monoisotopic (exact) mass is 281 g/mol. The first kappa shape index (κ1) is 14.2. The lowest BCUT2D eigenvalue weighted by atomic mass is 10.4. The zero-order chi connectivity index (χ0) is 14.0. The Morgan fingerprint density at radius 1 is 1.50 bits per heavy atom. The number of sulfone groups is 1. The minimum atomic E-state index is -4.62. The van der Waals surface area contributed by atoms with Gasteiger partial charge in [-0.15, -0.1) is 0 Å². The molecule has 0 aromatic carbocycles. The van der Waals surface area contributed by atoms with Gasteiger partial charge in [0, 0.05) is 6.26 Å². The third kappa shape index (κ3) is 3.85. The molecule has 0 saturated heterocycles. The van der Waals surface area contributed by atoms with Crippen molar-refractivity contribution in [1.29, 1.82) is 5.26 Å². The molecule has 0 saturated carbocycles. The molecule has 0 bridgehead atoms. The van der Waals surface area contributed by atoms with E-state index in [2.05, 4.69) is 14.7 Å². The van der Waals surface area contributed by atoms with Crippen molar-refractivity contribution in [2.75, 3.05) is 12.9 Å². The highest BCUT2D eigenvalue weighted by atomic mass is 32.2. The van der Waals surface area contributed by atoms with Crippen molar-refractivity contribution in [2.24, 2.45) is 0 Å². The van der Waals surface area contributed by atoms with Gasteiger partial charge in [-0.2, -0.15) is 23.4 Å². The fraction of sp³-hybridized carbons (Fsp3) is 0.375. The number of nitriles is 1. The maximum atomic E-state index is 11.9. The first-order chi connectivity index (χ1) is 8.13.